The van der Waals surface area contributed by atoms with Crippen molar-refractivity contribution in [3.05, 3.63) is 118 Å². The Kier molecular flexibility index (Phi) is 19.8. The molecule has 2 aliphatic heterocycles. The second kappa shape index (κ2) is 27.0. The van der Waals surface area contributed by atoms with Gasteiger partial charge in [0.1, 0.15) is 23.0 Å². The molecule has 408 valence electrons. The van der Waals surface area contributed by atoms with Crippen molar-refractivity contribution in [3.63, 3.8) is 0 Å². The monoisotopic (exact) mass is 1030 g/mol. The number of benzene rings is 7. The largest absolute Gasteiger partial charge is 0.493 e. The molecule has 2 heterocycles. The van der Waals surface area contributed by atoms with Crippen LogP contribution in [0.1, 0.15) is 192 Å². The number of fused-ring (bicyclic) bond motifs is 2. The van der Waals surface area contributed by atoms with Crippen LogP contribution in [0, 0.1) is 23.7 Å². The molecule has 0 spiro atoms. The lowest BCUT2D eigenvalue weighted by Gasteiger charge is -2.32. The molecule has 0 aromatic heterocycles. The Morgan fingerprint density at radius 2 is 0.605 bits per heavy atom. The van der Waals surface area contributed by atoms with Gasteiger partial charge in [0, 0.05) is 51.4 Å². The maximum absolute atomic E-state index is 6.63. The summed E-state index contributed by atoms with van der Waals surface area (Å²) in [6.07, 6.45) is 19.4. The molecule has 0 N–H and O–H groups in total. The van der Waals surface area contributed by atoms with Crippen molar-refractivity contribution in [2.24, 2.45) is 23.7 Å². The fourth-order valence-corrected chi connectivity index (χ4v) is 12.8. The van der Waals surface area contributed by atoms with Crippen molar-refractivity contribution in [2.45, 2.75) is 197 Å². The van der Waals surface area contributed by atoms with Crippen molar-refractivity contribution >= 4 is 43.1 Å². The van der Waals surface area contributed by atoms with Crippen LogP contribution in [0.15, 0.2) is 84.9 Å². The summed E-state index contributed by atoms with van der Waals surface area (Å²) in [7, 11) is 0. The summed E-state index contributed by atoms with van der Waals surface area (Å²) in [6, 6.07) is 32.9. The molecule has 0 saturated carbocycles. The molecule has 9 rings (SSSR count). The van der Waals surface area contributed by atoms with Crippen LogP contribution in [0.5, 0.6) is 23.0 Å². The lowest BCUT2D eigenvalue weighted by atomic mass is 9.82. The van der Waals surface area contributed by atoms with E-state index in [4.69, 9.17) is 18.9 Å². The van der Waals surface area contributed by atoms with E-state index in [0.29, 0.717) is 23.7 Å². The van der Waals surface area contributed by atoms with Crippen molar-refractivity contribution in [2.75, 3.05) is 26.4 Å². The Morgan fingerprint density at radius 3 is 0.842 bits per heavy atom. The first-order valence-electron chi connectivity index (χ1n) is 30.7. The zero-order valence-corrected chi connectivity index (χ0v) is 48.3. The van der Waals surface area contributed by atoms with Crippen molar-refractivity contribution < 1.29 is 18.9 Å². The third-order valence-electron chi connectivity index (χ3n) is 17.6. The van der Waals surface area contributed by atoms with Crippen molar-refractivity contribution in [3.8, 4) is 23.0 Å². The van der Waals surface area contributed by atoms with Gasteiger partial charge in [-0.15, -0.1) is 0 Å². The topological polar surface area (TPSA) is 43.4 Å². The second-order valence-corrected chi connectivity index (χ2v) is 23.4. The maximum atomic E-state index is 6.63. The molecule has 0 fully saturated rings. The van der Waals surface area contributed by atoms with Crippen LogP contribution in [0.4, 0.5) is 0 Å². The van der Waals surface area contributed by atoms with Gasteiger partial charge in [-0.2, -0.15) is 0 Å². The second-order valence-electron chi connectivity index (χ2n) is 23.4. The summed E-state index contributed by atoms with van der Waals surface area (Å²) in [5, 5.41) is 11.3. The van der Waals surface area contributed by atoms with Gasteiger partial charge in [0.2, 0.25) is 0 Å². The van der Waals surface area contributed by atoms with Gasteiger partial charge in [-0.3, -0.25) is 9.80 Å². The maximum Gasteiger partial charge on any atom is 0.123 e. The zero-order chi connectivity index (χ0) is 53.0. The summed E-state index contributed by atoms with van der Waals surface area (Å²) in [4.78, 5) is 5.23. The number of hydrogen-bond acceptors (Lipinski definition) is 6. The van der Waals surface area contributed by atoms with Gasteiger partial charge in [-0.1, -0.05) is 181 Å². The van der Waals surface area contributed by atoms with Crippen LogP contribution in [-0.4, -0.2) is 36.2 Å². The van der Waals surface area contributed by atoms with E-state index >= 15 is 0 Å². The minimum absolute atomic E-state index is 0.574. The molecule has 0 amide bonds. The molecule has 6 heteroatoms. The molecule has 7 aromatic carbocycles. The Balaban J connectivity index is 0.956. The molecular formula is C70H94N2O4. The third kappa shape index (κ3) is 13.3. The Labute approximate surface area is 458 Å². The predicted octanol–water partition coefficient (Wildman–Crippen LogP) is 19.1. The van der Waals surface area contributed by atoms with E-state index in [2.05, 4.69) is 150 Å². The van der Waals surface area contributed by atoms with Gasteiger partial charge in [0.25, 0.3) is 0 Å². The van der Waals surface area contributed by atoms with Crippen molar-refractivity contribution in [1.82, 2.24) is 9.80 Å². The molecule has 4 atom stereocenters. The fraction of sp³-hybridized carbons (Fsp3) is 0.543. The SMILES string of the molecule is CCCCC(CC)COc1cc(CN2Cc3ccc4c5ccc6c7c(ccc(c8ccc(c3c48)C2)c75)CN(Cc2cc(OCC(CC)CCCC)cc(OCC(CC)CCCC)c2)C6)cc(OCC(CC)CCCC)c1. The first kappa shape index (κ1) is 55.7. The van der Waals surface area contributed by atoms with Gasteiger partial charge in [-0.25, -0.2) is 0 Å². The van der Waals surface area contributed by atoms with Crippen LogP contribution in [0.3, 0.4) is 0 Å². The predicted molar refractivity (Wildman–Crippen MR) is 322 cm³/mol. The van der Waals surface area contributed by atoms with Gasteiger partial charge >= 0.3 is 0 Å². The molecule has 6 nitrogen and oxygen atoms in total. The fourth-order valence-electron chi connectivity index (χ4n) is 12.8. The van der Waals surface area contributed by atoms with E-state index in [-0.39, 0.29) is 0 Å². The normalized spacial score (nSPS) is 15.5. The molecule has 7 aromatic rings. The molecule has 0 radical (unpaired) electrons. The first-order chi connectivity index (χ1) is 37.3. The van der Waals surface area contributed by atoms with Crippen LogP contribution in [0.2, 0.25) is 0 Å². The standard InChI is InChI=1S/C70H94N2O4/c1-9-17-21-49(13-5)45-73-59-33-53(34-60(37-59)74-46-50(14-6)22-18-10-2)39-71-41-55-25-29-63-65-31-27-57-43-72(44-58-28-32-66(70(65)68(57)58)64-30-26-56(42-71)67(55)69(63)64)40-54-35-61(75-47-51(15-7)23-19-11-3)38-62(36-54)76-48-52(16-8)24-20-12-4/h25-38,49-52H,9-24,39-48H2,1-8H3. The Hall–Kier alpha value is -5.04. The summed E-state index contributed by atoms with van der Waals surface area (Å²) < 4.78 is 26.5. The van der Waals surface area contributed by atoms with Crippen LogP contribution in [0.25, 0.3) is 43.1 Å². The van der Waals surface area contributed by atoms with Gasteiger partial charge in [-0.05, 0) is 150 Å². The average molecular weight is 1030 g/mol. The minimum Gasteiger partial charge on any atom is -0.493 e. The van der Waals surface area contributed by atoms with E-state index in [1.165, 1.54) is 154 Å². The number of ether oxygens (including phenoxy) is 4. The smallest absolute Gasteiger partial charge is 0.123 e. The van der Waals surface area contributed by atoms with E-state index in [9.17, 15) is 0 Å². The summed E-state index contributed by atoms with van der Waals surface area (Å²) in [6.45, 7) is 26.7. The van der Waals surface area contributed by atoms with Crippen molar-refractivity contribution in [1.29, 1.82) is 0 Å². The number of hydrogen-bond donors (Lipinski definition) is 0. The van der Waals surface area contributed by atoms with Gasteiger partial charge < -0.3 is 18.9 Å². The first-order valence-corrected chi connectivity index (χ1v) is 30.7. The van der Waals surface area contributed by atoms with Crippen LogP contribution < -0.4 is 18.9 Å². The molecule has 76 heavy (non-hydrogen) atoms. The van der Waals surface area contributed by atoms with E-state index in [1.807, 2.05) is 0 Å². The van der Waals surface area contributed by atoms with E-state index < -0.39 is 0 Å². The summed E-state index contributed by atoms with van der Waals surface area (Å²) >= 11 is 0. The molecular weight excluding hydrogens is 933 g/mol. The van der Waals surface area contributed by atoms with E-state index in [1.54, 1.807) is 0 Å². The molecule has 4 unspecified atom stereocenters. The Bertz CT molecular complexity index is 2580. The lowest BCUT2D eigenvalue weighted by Crippen LogP contribution is -2.26. The highest BCUT2D eigenvalue weighted by atomic mass is 16.5. The third-order valence-corrected chi connectivity index (χ3v) is 17.6. The quantitative estimate of drug-likeness (QED) is 0.0309. The highest BCUT2D eigenvalue weighted by Crippen LogP contribution is 2.47. The Morgan fingerprint density at radius 1 is 0.342 bits per heavy atom. The van der Waals surface area contributed by atoms with Crippen LogP contribution >= 0.6 is 0 Å². The lowest BCUT2D eigenvalue weighted by molar-refractivity contribution is 0.219. The number of nitrogens with zero attached hydrogens (tertiary/aromatic N) is 2. The molecule has 2 aliphatic rings. The number of unbranched alkanes of at least 4 members (excludes halogenated alkanes) is 4. The van der Waals surface area contributed by atoms with Crippen LogP contribution in [-0.2, 0) is 39.3 Å². The zero-order valence-electron chi connectivity index (χ0n) is 48.3. The van der Waals surface area contributed by atoms with E-state index in [0.717, 1.165) is 114 Å². The van der Waals surface area contributed by atoms with Gasteiger partial charge in [0.05, 0.1) is 26.4 Å². The van der Waals surface area contributed by atoms with Gasteiger partial charge in [0.15, 0.2) is 0 Å². The highest BCUT2D eigenvalue weighted by Gasteiger charge is 2.27. The summed E-state index contributed by atoms with van der Waals surface area (Å²) in [5.41, 5.74) is 8.20. The average Bonchev–Trinajstić information content (AvgIpc) is 3.55. The molecule has 0 saturated heterocycles. The summed E-state index contributed by atoms with van der Waals surface area (Å²) in [5.74, 6) is 6.06. The minimum atomic E-state index is 0.574. The highest BCUT2D eigenvalue weighted by molar-refractivity contribution is 6.34. The molecule has 0 bridgehead atoms. The molecule has 0 aliphatic carbocycles. The number of rotatable bonds is 32.